The zero-order chi connectivity index (χ0) is 23.8. The number of rotatable bonds is 7. The van der Waals surface area contributed by atoms with Gasteiger partial charge in [0.15, 0.2) is 0 Å². The van der Waals surface area contributed by atoms with E-state index in [0.29, 0.717) is 24.3 Å². The van der Waals surface area contributed by atoms with Gasteiger partial charge in [-0.1, -0.05) is 19.3 Å². The highest BCUT2D eigenvalue weighted by Gasteiger charge is 2.47. The van der Waals surface area contributed by atoms with Crippen molar-refractivity contribution in [3.63, 3.8) is 0 Å². The highest BCUT2D eigenvalue weighted by atomic mass is 32.2. The van der Waals surface area contributed by atoms with Crippen LogP contribution in [0.25, 0.3) is 0 Å². The minimum atomic E-state index is -4.08. The van der Waals surface area contributed by atoms with E-state index in [-0.39, 0.29) is 23.3 Å². The minimum Gasteiger partial charge on any atom is -0.391 e. The van der Waals surface area contributed by atoms with Gasteiger partial charge in [0.1, 0.15) is 4.90 Å². The summed E-state index contributed by atoms with van der Waals surface area (Å²) in [5, 5.41) is 12.8. The second-order valence-corrected chi connectivity index (χ2v) is 11.2. The van der Waals surface area contributed by atoms with Gasteiger partial charge in [0.25, 0.3) is 5.92 Å². The maximum atomic E-state index is 13.2. The monoisotopic (exact) mass is 486 g/mol. The van der Waals surface area contributed by atoms with Gasteiger partial charge in [-0.25, -0.2) is 21.9 Å². The van der Waals surface area contributed by atoms with Crippen LogP contribution in [0.1, 0.15) is 51.4 Å². The summed E-state index contributed by atoms with van der Waals surface area (Å²) in [4.78, 5) is 14.4. The molecule has 0 spiro atoms. The number of aliphatic hydroxyl groups excluding tert-OH is 1. The molecule has 3 aliphatic rings. The Kier molecular flexibility index (Phi) is 6.95. The number of sulfonamides is 1. The zero-order valence-electron chi connectivity index (χ0n) is 18.5. The summed E-state index contributed by atoms with van der Waals surface area (Å²) in [6.45, 7) is 0.674. The number of hydrogen-bond acceptors (Lipinski definition) is 6. The third kappa shape index (κ3) is 5.64. The molecule has 2 saturated carbocycles. The molecule has 1 saturated heterocycles. The number of carbonyl (C=O) groups is 1. The highest BCUT2D eigenvalue weighted by Crippen LogP contribution is 2.39. The lowest BCUT2D eigenvalue weighted by Gasteiger charge is -2.35. The molecule has 0 aromatic heterocycles. The summed E-state index contributed by atoms with van der Waals surface area (Å²) < 4.78 is 54.7. The first-order valence-corrected chi connectivity index (χ1v) is 13.1. The smallest absolute Gasteiger partial charge is 0.251 e. The van der Waals surface area contributed by atoms with Crippen LogP contribution < -0.4 is 20.7 Å². The molecule has 1 heterocycles. The first-order chi connectivity index (χ1) is 15.5. The largest absolute Gasteiger partial charge is 0.391 e. The van der Waals surface area contributed by atoms with Gasteiger partial charge in [0.05, 0.1) is 17.8 Å². The molecule has 1 aromatic rings. The summed E-state index contributed by atoms with van der Waals surface area (Å²) in [6.07, 6.45) is 3.90. The van der Waals surface area contributed by atoms with Crippen LogP contribution in [-0.2, 0) is 14.8 Å². The Hall–Kier alpha value is -1.82. The van der Waals surface area contributed by atoms with Gasteiger partial charge >= 0.3 is 0 Å². The highest BCUT2D eigenvalue weighted by molar-refractivity contribution is 7.89. The molecule has 3 fully saturated rings. The van der Waals surface area contributed by atoms with E-state index in [0.717, 1.165) is 32.1 Å². The number of amides is 1. The average Bonchev–Trinajstić information content (AvgIpc) is 3.18. The van der Waals surface area contributed by atoms with Gasteiger partial charge in [-0.3, -0.25) is 4.79 Å². The fourth-order valence-corrected chi connectivity index (χ4v) is 6.43. The molecule has 0 bridgehead atoms. The van der Waals surface area contributed by atoms with Crippen molar-refractivity contribution < 1.29 is 27.1 Å². The van der Waals surface area contributed by atoms with E-state index < -0.39 is 47.0 Å². The van der Waals surface area contributed by atoms with Crippen molar-refractivity contribution >= 4 is 27.3 Å². The van der Waals surface area contributed by atoms with Crippen LogP contribution in [-0.4, -0.2) is 56.6 Å². The first-order valence-electron chi connectivity index (χ1n) is 11.6. The third-order valence-corrected chi connectivity index (χ3v) is 8.46. The molecule has 2 aliphatic carbocycles. The Morgan fingerprint density at radius 2 is 1.88 bits per heavy atom. The summed E-state index contributed by atoms with van der Waals surface area (Å²) in [5.74, 6) is -3.04. The van der Waals surface area contributed by atoms with Crippen LogP contribution in [0, 0.1) is 5.92 Å². The lowest BCUT2D eigenvalue weighted by Crippen LogP contribution is -2.50. The van der Waals surface area contributed by atoms with Crippen LogP contribution in [0.4, 0.5) is 20.2 Å². The van der Waals surface area contributed by atoms with E-state index in [1.165, 1.54) is 12.1 Å². The Bertz CT molecular complexity index is 977. The molecule has 5 N–H and O–H groups in total. The van der Waals surface area contributed by atoms with Crippen molar-refractivity contribution in [2.24, 2.45) is 11.7 Å². The lowest BCUT2D eigenvalue weighted by atomic mass is 9.84. The van der Waals surface area contributed by atoms with Crippen molar-refractivity contribution in [3.8, 4) is 0 Å². The van der Waals surface area contributed by atoms with Crippen molar-refractivity contribution in [1.82, 2.24) is 4.72 Å². The number of aliphatic hydroxyl groups is 1. The fourth-order valence-electron chi connectivity index (χ4n) is 4.99. The van der Waals surface area contributed by atoms with Crippen molar-refractivity contribution in [2.45, 2.75) is 80.4 Å². The fraction of sp³-hybridized carbons (Fsp3) is 0.682. The van der Waals surface area contributed by atoms with Gasteiger partial charge in [-0.2, -0.15) is 0 Å². The minimum absolute atomic E-state index is 0.0682. The van der Waals surface area contributed by atoms with Gasteiger partial charge < -0.3 is 21.1 Å². The number of carbonyl (C=O) groups excluding carboxylic acids is 1. The number of nitrogens with one attached hydrogen (secondary N) is 2. The van der Waals surface area contributed by atoms with Gasteiger partial charge in [0.2, 0.25) is 15.9 Å². The van der Waals surface area contributed by atoms with Gasteiger partial charge in [0, 0.05) is 37.7 Å². The number of nitrogens with two attached hydrogens (primary N) is 1. The molecular formula is C22H32F2N4O4S. The van der Waals surface area contributed by atoms with E-state index in [4.69, 9.17) is 5.73 Å². The summed E-state index contributed by atoms with van der Waals surface area (Å²) in [7, 11) is -4.08. The third-order valence-electron chi connectivity index (χ3n) is 6.89. The number of nitrogens with zero attached hydrogens (tertiary/aromatic N) is 1. The molecule has 11 heteroatoms. The number of hydrogen-bond donors (Lipinski definition) is 4. The molecule has 4 rings (SSSR count). The standard InChI is InChI=1S/C22H32F2N4O4S/c23-22(24)11-16(12-22)27-33(31,32)19-7-6-15(10-18(19)28-9-8-17(29)13-28)26-21(30)20(25)14-4-2-1-3-5-14/h6-7,10,14,16-17,20,27,29H,1-5,8-9,11-13,25H2,(H,26,30)/t17-,20-/m0/s1. The second kappa shape index (κ2) is 9.44. The number of benzene rings is 1. The zero-order valence-corrected chi connectivity index (χ0v) is 19.3. The summed E-state index contributed by atoms with van der Waals surface area (Å²) in [5.41, 5.74) is 6.91. The predicted octanol–water partition coefficient (Wildman–Crippen LogP) is 2.18. The average molecular weight is 487 g/mol. The first kappa shape index (κ1) is 24.3. The van der Waals surface area contributed by atoms with E-state index >= 15 is 0 Å². The summed E-state index contributed by atoms with van der Waals surface area (Å²) >= 11 is 0. The Labute approximate surface area is 193 Å². The Morgan fingerprint density at radius 3 is 2.48 bits per heavy atom. The number of alkyl halides is 2. The van der Waals surface area contributed by atoms with Crippen molar-refractivity contribution in [2.75, 3.05) is 23.3 Å². The molecule has 1 aromatic carbocycles. The van der Waals surface area contributed by atoms with Gasteiger partial charge in [-0.05, 0) is 43.4 Å². The topological polar surface area (TPSA) is 125 Å². The number of β-amino-alcohol motifs (C(OH)–C–C–N with tert-alkyl or cyclic N) is 1. The molecule has 2 atom stereocenters. The van der Waals surface area contributed by atoms with Crippen molar-refractivity contribution in [3.05, 3.63) is 18.2 Å². The maximum absolute atomic E-state index is 13.2. The Balaban J connectivity index is 1.54. The molecule has 0 radical (unpaired) electrons. The molecular weight excluding hydrogens is 454 g/mol. The van der Waals surface area contributed by atoms with Crippen LogP contribution in [0.5, 0.6) is 0 Å². The quantitative estimate of drug-likeness (QED) is 0.468. The van der Waals surface area contributed by atoms with Crippen LogP contribution in [0.2, 0.25) is 0 Å². The number of halogens is 2. The van der Waals surface area contributed by atoms with E-state index in [1.807, 2.05) is 0 Å². The molecule has 8 nitrogen and oxygen atoms in total. The predicted molar refractivity (Wildman–Crippen MR) is 121 cm³/mol. The second-order valence-electron chi connectivity index (χ2n) is 9.57. The van der Waals surface area contributed by atoms with Gasteiger partial charge in [-0.15, -0.1) is 0 Å². The van der Waals surface area contributed by atoms with Crippen LogP contribution >= 0.6 is 0 Å². The maximum Gasteiger partial charge on any atom is 0.251 e. The molecule has 1 amide bonds. The van der Waals surface area contributed by atoms with Crippen molar-refractivity contribution in [1.29, 1.82) is 0 Å². The van der Waals surface area contributed by atoms with E-state index in [1.54, 1.807) is 11.0 Å². The number of anilines is 2. The molecule has 33 heavy (non-hydrogen) atoms. The van der Waals surface area contributed by atoms with Crippen LogP contribution in [0.15, 0.2) is 23.1 Å². The molecule has 184 valence electrons. The normalized spacial score (nSPS) is 25.0. The lowest BCUT2D eigenvalue weighted by molar-refractivity contribution is -0.118. The molecule has 0 unspecified atom stereocenters. The summed E-state index contributed by atoms with van der Waals surface area (Å²) in [6, 6.07) is 2.92. The van der Waals surface area contributed by atoms with Crippen LogP contribution in [0.3, 0.4) is 0 Å². The molecule has 1 aliphatic heterocycles. The van der Waals surface area contributed by atoms with E-state index in [2.05, 4.69) is 10.0 Å². The van der Waals surface area contributed by atoms with E-state index in [9.17, 15) is 27.1 Å². The SMILES string of the molecule is N[C@H](C(=O)Nc1ccc(S(=O)(=O)NC2CC(F)(F)C2)c(N2CC[C@H](O)C2)c1)C1CCCCC1. The Morgan fingerprint density at radius 1 is 1.18 bits per heavy atom.